The highest BCUT2D eigenvalue weighted by molar-refractivity contribution is 14.1. The van der Waals surface area contributed by atoms with Crippen molar-refractivity contribution in [3.05, 3.63) is 50.0 Å². The Morgan fingerprint density at radius 1 is 1.33 bits per heavy atom. The standard InChI is InChI=1S/C13H10ClIN2S/c14-7-13-16-11-6-9(15)3-4-12(11)17(13)8-10-2-1-5-18-10/h1-6H,7-8H2. The summed E-state index contributed by atoms with van der Waals surface area (Å²) in [6, 6.07) is 10.5. The average molecular weight is 389 g/mol. The van der Waals surface area contributed by atoms with Crippen molar-refractivity contribution in [2.24, 2.45) is 0 Å². The zero-order valence-corrected chi connectivity index (χ0v) is 13.2. The molecule has 0 spiro atoms. The van der Waals surface area contributed by atoms with Crippen molar-refractivity contribution in [2.45, 2.75) is 12.4 Å². The van der Waals surface area contributed by atoms with E-state index in [9.17, 15) is 0 Å². The first-order chi connectivity index (χ1) is 8.78. The third-order valence-electron chi connectivity index (χ3n) is 2.80. The number of rotatable bonds is 3. The van der Waals surface area contributed by atoms with Crippen LogP contribution in [0.15, 0.2) is 35.7 Å². The van der Waals surface area contributed by atoms with Gasteiger partial charge in [-0.25, -0.2) is 4.98 Å². The van der Waals surface area contributed by atoms with Crippen LogP contribution in [0.5, 0.6) is 0 Å². The molecule has 2 heterocycles. The van der Waals surface area contributed by atoms with Gasteiger partial charge < -0.3 is 4.57 Å². The molecule has 0 saturated carbocycles. The molecule has 0 bridgehead atoms. The molecule has 2 aromatic heterocycles. The first kappa shape index (κ1) is 12.4. The molecule has 0 N–H and O–H groups in total. The van der Waals surface area contributed by atoms with Gasteiger partial charge in [0.25, 0.3) is 0 Å². The number of benzene rings is 1. The first-order valence-corrected chi connectivity index (χ1v) is 8.00. The van der Waals surface area contributed by atoms with Crippen molar-refractivity contribution < 1.29 is 0 Å². The van der Waals surface area contributed by atoms with E-state index in [-0.39, 0.29) is 0 Å². The van der Waals surface area contributed by atoms with E-state index in [0.717, 1.165) is 23.4 Å². The van der Waals surface area contributed by atoms with Gasteiger partial charge >= 0.3 is 0 Å². The summed E-state index contributed by atoms with van der Waals surface area (Å²) in [6.07, 6.45) is 0. The van der Waals surface area contributed by atoms with E-state index in [1.807, 2.05) is 0 Å². The van der Waals surface area contributed by atoms with Crippen LogP contribution in [-0.2, 0) is 12.4 Å². The van der Waals surface area contributed by atoms with Gasteiger partial charge in [-0.3, -0.25) is 0 Å². The van der Waals surface area contributed by atoms with Crippen LogP contribution in [0.4, 0.5) is 0 Å². The van der Waals surface area contributed by atoms with Gasteiger partial charge in [-0.1, -0.05) is 6.07 Å². The van der Waals surface area contributed by atoms with E-state index in [1.165, 1.54) is 8.45 Å². The van der Waals surface area contributed by atoms with Crippen molar-refractivity contribution in [2.75, 3.05) is 0 Å². The molecule has 0 aliphatic heterocycles. The molecule has 0 atom stereocenters. The smallest absolute Gasteiger partial charge is 0.125 e. The van der Waals surface area contributed by atoms with Gasteiger partial charge in [0, 0.05) is 8.45 Å². The number of aromatic nitrogens is 2. The van der Waals surface area contributed by atoms with Gasteiger partial charge in [-0.15, -0.1) is 22.9 Å². The number of hydrogen-bond donors (Lipinski definition) is 0. The monoisotopic (exact) mass is 388 g/mol. The molecule has 2 nitrogen and oxygen atoms in total. The molecule has 0 saturated heterocycles. The number of imidazole rings is 1. The molecule has 5 heteroatoms. The molecule has 3 rings (SSSR count). The topological polar surface area (TPSA) is 17.8 Å². The summed E-state index contributed by atoms with van der Waals surface area (Å²) >= 11 is 10.1. The molecule has 0 radical (unpaired) electrons. The molecule has 3 aromatic rings. The van der Waals surface area contributed by atoms with Gasteiger partial charge in [0.15, 0.2) is 0 Å². The van der Waals surface area contributed by atoms with E-state index in [4.69, 9.17) is 11.6 Å². The largest absolute Gasteiger partial charge is 0.322 e. The summed E-state index contributed by atoms with van der Waals surface area (Å²) in [5.41, 5.74) is 2.17. The Morgan fingerprint density at radius 3 is 2.94 bits per heavy atom. The molecule has 0 aliphatic rings. The lowest BCUT2D eigenvalue weighted by molar-refractivity contribution is 0.789. The molecular weight excluding hydrogens is 379 g/mol. The summed E-state index contributed by atoms with van der Waals surface area (Å²) in [6.45, 7) is 0.844. The SMILES string of the molecule is ClCc1nc2cc(I)ccc2n1Cc1cccs1. The molecule has 1 aromatic carbocycles. The molecule has 0 amide bonds. The Morgan fingerprint density at radius 2 is 2.22 bits per heavy atom. The molecule has 0 unspecified atom stereocenters. The number of halogens is 2. The number of thiophene rings is 1. The lowest BCUT2D eigenvalue weighted by Crippen LogP contribution is -2.02. The zero-order valence-electron chi connectivity index (χ0n) is 9.44. The number of hydrogen-bond acceptors (Lipinski definition) is 2. The fraction of sp³-hybridized carbons (Fsp3) is 0.154. The van der Waals surface area contributed by atoms with Gasteiger partial charge in [0.1, 0.15) is 5.82 Å². The maximum absolute atomic E-state index is 6.00. The Hall–Kier alpha value is -0.590. The Bertz CT molecular complexity index is 676. The minimum atomic E-state index is 0.441. The number of fused-ring (bicyclic) bond motifs is 1. The minimum absolute atomic E-state index is 0.441. The van der Waals surface area contributed by atoms with Crippen LogP contribution >= 0.6 is 45.5 Å². The lowest BCUT2D eigenvalue weighted by atomic mass is 10.3. The second kappa shape index (κ2) is 5.19. The van der Waals surface area contributed by atoms with Crippen LogP contribution < -0.4 is 0 Å². The quantitative estimate of drug-likeness (QED) is 0.477. The normalized spacial score (nSPS) is 11.2. The highest BCUT2D eigenvalue weighted by Gasteiger charge is 2.10. The van der Waals surface area contributed by atoms with E-state index in [1.54, 1.807) is 11.3 Å². The lowest BCUT2D eigenvalue weighted by Gasteiger charge is -2.05. The first-order valence-electron chi connectivity index (χ1n) is 5.51. The maximum Gasteiger partial charge on any atom is 0.125 e. The molecular formula is C13H10ClIN2S. The van der Waals surface area contributed by atoms with Crippen molar-refractivity contribution in [3.63, 3.8) is 0 Å². The van der Waals surface area contributed by atoms with Crippen LogP contribution in [0.25, 0.3) is 11.0 Å². The summed E-state index contributed by atoms with van der Waals surface area (Å²) < 4.78 is 3.39. The molecule has 0 aliphatic carbocycles. The van der Waals surface area contributed by atoms with E-state index < -0.39 is 0 Å². The highest BCUT2D eigenvalue weighted by Crippen LogP contribution is 2.22. The summed E-state index contributed by atoms with van der Waals surface area (Å²) in [4.78, 5) is 5.92. The van der Waals surface area contributed by atoms with Crippen molar-refractivity contribution in [1.82, 2.24) is 9.55 Å². The predicted octanol–water partition coefficient (Wildman–Crippen LogP) is 4.49. The van der Waals surface area contributed by atoms with Crippen LogP contribution in [0.1, 0.15) is 10.7 Å². The van der Waals surface area contributed by atoms with E-state index in [2.05, 4.69) is 67.9 Å². The summed E-state index contributed by atoms with van der Waals surface area (Å²) in [7, 11) is 0. The van der Waals surface area contributed by atoms with Gasteiger partial charge in [0.05, 0.1) is 23.5 Å². The van der Waals surface area contributed by atoms with Crippen molar-refractivity contribution in [3.8, 4) is 0 Å². The van der Waals surface area contributed by atoms with Crippen molar-refractivity contribution in [1.29, 1.82) is 0 Å². The summed E-state index contributed by atoms with van der Waals surface area (Å²) in [5.74, 6) is 1.37. The Labute approximate surface area is 128 Å². The van der Waals surface area contributed by atoms with Crippen molar-refractivity contribution >= 4 is 56.6 Å². The molecule has 18 heavy (non-hydrogen) atoms. The number of nitrogens with zero attached hydrogens (tertiary/aromatic N) is 2. The van der Waals surface area contributed by atoms with Gasteiger partial charge in [0.2, 0.25) is 0 Å². The second-order valence-electron chi connectivity index (χ2n) is 3.96. The highest BCUT2D eigenvalue weighted by atomic mass is 127. The molecule has 0 fully saturated rings. The number of alkyl halides is 1. The van der Waals surface area contributed by atoms with Crippen LogP contribution in [0, 0.1) is 3.57 Å². The zero-order chi connectivity index (χ0) is 12.5. The van der Waals surface area contributed by atoms with E-state index in [0.29, 0.717) is 5.88 Å². The third-order valence-corrected chi connectivity index (χ3v) is 4.57. The van der Waals surface area contributed by atoms with Gasteiger partial charge in [-0.05, 0) is 52.2 Å². The fourth-order valence-corrected chi connectivity index (χ4v) is 3.36. The van der Waals surface area contributed by atoms with Crippen LogP contribution in [0.3, 0.4) is 0 Å². The second-order valence-corrected chi connectivity index (χ2v) is 6.51. The van der Waals surface area contributed by atoms with Gasteiger partial charge in [-0.2, -0.15) is 0 Å². The average Bonchev–Trinajstić information content (AvgIpc) is 2.97. The van der Waals surface area contributed by atoms with Crippen LogP contribution in [-0.4, -0.2) is 9.55 Å². The van der Waals surface area contributed by atoms with Crippen LogP contribution in [0.2, 0.25) is 0 Å². The Kier molecular flexibility index (Phi) is 3.59. The Balaban J connectivity index is 2.13. The molecule has 92 valence electrons. The predicted molar refractivity (Wildman–Crippen MR) is 85.4 cm³/mol. The van der Waals surface area contributed by atoms with E-state index >= 15 is 0 Å². The third kappa shape index (κ3) is 2.29. The fourth-order valence-electron chi connectivity index (χ4n) is 1.99. The maximum atomic E-state index is 6.00. The minimum Gasteiger partial charge on any atom is -0.322 e. The summed E-state index contributed by atoms with van der Waals surface area (Å²) in [5, 5.41) is 2.09.